The standard InChI is InChI=1S/C31H36O4/c1-2-3-4-8-21-32-27-17-15-26(16-18-27)31-33-22-30-29(35-31)20-19-28(34-30)25-13-11-24(12-14-25)23-9-6-5-7-10-23/h5-7,9-18,28-31H,2-4,8,19-22H2,1H3/t28-,29+,30-,31-/m1/s1. The third kappa shape index (κ3) is 6.13. The molecule has 0 aliphatic carbocycles. The van der Waals surface area contributed by atoms with Crippen molar-refractivity contribution in [3.63, 3.8) is 0 Å². The van der Waals surface area contributed by atoms with Crippen LogP contribution in [-0.2, 0) is 14.2 Å². The van der Waals surface area contributed by atoms with E-state index in [1.54, 1.807) is 0 Å². The maximum absolute atomic E-state index is 6.43. The maximum Gasteiger partial charge on any atom is 0.184 e. The lowest BCUT2D eigenvalue weighted by atomic mass is 9.94. The first kappa shape index (κ1) is 24.1. The molecule has 2 saturated heterocycles. The van der Waals surface area contributed by atoms with Gasteiger partial charge in [0.05, 0.1) is 25.4 Å². The predicted octanol–water partition coefficient (Wildman–Crippen LogP) is 7.65. The summed E-state index contributed by atoms with van der Waals surface area (Å²) in [6, 6.07) is 27.3. The van der Waals surface area contributed by atoms with Crippen LogP contribution in [-0.4, -0.2) is 25.4 Å². The highest BCUT2D eigenvalue weighted by Crippen LogP contribution is 2.39. The minimum Gasteiger partial charge on any atom is -0.494 e. The van der Waals surface area contributed by atoms with Gasteiger partial charge in [0.15, 0.2) is 6.29 Å². The van der Waals surface area contributed by atoms with Crippen molar-refractivity contribution in [2.24, 2.45) is 0 Å². The Kier molecular flexibility index (Phi) is 8.14. The van der Waals surface area contributed by atoms with E-state index < -0.39 is 0 Å². The Morgan fingerprint density at radius 1 is 0.714 bits per heavy atom. The first-order valence-electron chi connectivity index (χ1n) is 13.1. The van der Waals surface area contributed by atoms with Crippen molar-refractivity contribution in [3.05, 3.63) is 90.0 Å². The van der Waals surface area contributed by atoms with Crippen LogP contribution < -0.4 is 4.74 Å². The third-order valence-corrected chi connectivity index (χ3v) is 6.99. The lowest BCUT2D eigenvalue weighted by molar-refractivity contribution is -0.289. The van der Waals surface area contributed by atoms with Gasteiger partial charge in [-0.3, -0.25) is 0 Å². The second-order valence-electron chi connectivity index (χ2n) is 9.55. The molecule has 4 atom stereocenters. The van der Waals surface area contributed by atoms with Crippen LogP contribution in [0.4, 0.5) is 0 Å². The quantitative estimate of drug-likeness (QED) is 0.300. The van der Waals surface area contributed by atoms with Crippen LogP contribution in [0, 0.1) is 0 Å². The molecule has 5 rings (SSSR count). The van der Waals surface area contributed by atoms with Gasteiger partial charge in [-0.15, -0.1) is 0 Å². The highest BCUT2D eigenvalue weighted by Gasteiger charge is 2.38. The van der Waals surface area contributed by atoms with Crippen molar-refractivity contribution in [3.8, 4) is 16.9 Å². The molecule has 2 aliphatic rings. The summed E-state index contributed by atoms with van der Waals surface area (Å²) in [4.78, 5) is 0. The van der Waals surface area contributed by atoms with Gasteiger partial charge in [0, 0.05) is 5.56 Å². The molecule has 4 nitrogen and oxygen atoms in total. The van der Waals surface area contributed by atoms with E-state index in [0.29, 0.717) is 6.61 Å². The van der Waals surface area contributed by atoms with E-state index in [1.165, 1.54) is 36.0 Å². The van der Waals surface area contributed by atoms with Crippen molar-refractivity contribution in [1.29, 1.82) is 0 Å². The summed E-state index contributed by atoms with van der Waals surface area (Å²) in [5.74, 6) is 0.904. The molecule has 4 heteroatoms. The first-order valence-corrected chi connectivity index (χ1v) is 13.1. The van der Waals surface area contributed by atoms with E-state index in [-0.39, 0.29) is 24.6 Å². The number of unbranched alkanes of at least 4 members (excludes halogenated alkanes) is 3. The van der Waals surface area contributed by atoms with Gasteiger partial charge in [0.2, 0.25) is 0 Å². The van der Waals surface area contributed by atoms with Crippen LogP contribution in [0.15, 0.2) is 78.9 Å². The Bertz CT molecular complexity index is 1030. The molecule has 35 heavy (non-hydrogen) atoms. The molecule has 2 heterocycles. The smallest absolute Gasteiger partial charge is 0.184 e. The van der Waals surface area contributed by atoms with Crippen LogP contribution in [0.5, 0.6) is 5.75 Å². The van der Waals surface area contributed by atoms with Gasteiger partial charge < -0.3 is 18.9 Å². The third-order valence-electron chi connectivity index (χ3n) is 6.99. The van der Waals surface area contributed by atoms with E-state index in [4.69, 9.17) is 18.9 Å². The summed E-state index contributed by atoms with van der Waals surface area (Å²) >= 11 is 0. The monoisotopic (exact) mass is 472 g/mol. The number of hydrogen-bond acceptors (Lipinski definition) is 4. The molecule has 2 aliphatic heterocycles. The zero-order valence-electron chi connectivity index (χ0n) is 20.6. The Morgan fingerprint density at radius 2 is 1.46 bits per heavy atom. The van der Waals surface area contributed by atoms with Crippen LogP contribution in [0.2, 0.25) is 0 Å². The fourth-order valence-corrected chi connectivity index (χ4v) is 4.93. The molecule has 184 valence electrons. The Balaban J connectivity index is 1.12. The largest absolute Gasteiger partial charge is 0.494 e. The van der Waals surface area contributed by atoms with Gasteiger partial charge >= 0.3 is 0 Å². The lowest BCUT2D eigenvalue weighted by Gasteiger charge is -2.42. The Hall–Kier alpha value is -2.66. The number of benzene rings is 3. The molecular formula is C31H36O4. The second kappa shape index (κ2) is 11.9. The Morgan fingerprint density at radius 3 is 2.23 bits per heavy atom. The highest BCUT2D eigenvalue weighted by molar-refractivity contribution is 5.63. The molecule has 0 spiro atoms. The minimum atomic E-state index is -0.347. The van der Waals surface area contributed by atoms with E-state index in [0.717, 1.165) is 37.2 Å². The Labute approximate surface area is 209 Å². The molecule has 0 bridgehead atoms. The summed E-state index contributed by atoms with van der Waals surface area (Å²) in [5, 5.41) is 0. The average molecular weight is 473 g/mol. The molecule has 3 aromatic carbocycles. The number of rotatable bonds is 9. The summed E-state index contributed by atoms with van der Waals surface area (Å²) in [6.07, 6.45) is 6.51. The molecule has 0 N–H and O–H groups in total. The van der Waals surface area contributed by atoms with E-state index in [2.05, 4.69) is 55.5 Å². The van der Waals surface area contributed by atoms with Gasteiger partial charge in [-0.25, -0.2) is 0 Å². The SMILES string of the molecule is CCCCCCOc1ccc([C@@H]2OC[C@H]3O[C@@H](c4ccc(-c5ccccc5)cc4)CC[C@@H]3O2)cc1. The predicted molar refractivity (Wildman–Crippen MR) is 138 cm³/mol. The van der Waals surface area contributed by atoms with Crippen molar-refractivity contribution in [2.45, 2.75) is 70.1 Å². The summed E-state index contributed by atoms with van der Waals surface area (Å²) in [5.41, 5.74) is 4.70. The topological polar surface area (TPSA) is 36.9 Å². The first-order chi connectivity index (χ1) is 17.3. The van der Waals surface area contributed by atoms with E-state index in [9.17, 15) is 0 Å². The number of fused-ring (bicyclic) bond motifs is 1. The summed E-state index contributed by atoms with van der Waals surface area (Å²) < 4.78 is 24.7. The second-order valence-corrected chi connectivity index (χ2v) is 9.55. The molecule has 0 unspecified atom stereocenters. The fourth-order valence-electron chi connectivity index (χ4n) is 4.93. The number of hydrogen-bond donors (Lipinski definition) is 0. The van der Waals surface area contributed by atoms with Crippen LogP contribution in [0.1, 0.15) is 69.0 Å². The fraction of sp³-hybridized carbons (Fsp3) is 0.419. The van der Waals surface area contributed by atoms with Gasteiger partial charge in [-0.1, -0.05) is 92.9 Å². The van der Waals surface area contributed by atoms with Gasteiger partial charge in [0.1, 0.15) is 11.9 Å². The van der Waals surface area contributed by atoms with Crippen molar-refractivity contribution >= 4 is 0 Å². The maximum atomic E-state index is 6.43. The molecular weight excluding hydrogens is 436 g/mol. The van der Waals surface area contributed by atoms with Crippen LogP contribution >= 0.6 is 0 Å². The zero-order chi connectivity index (χ0) is 23.9. The normalized spacial score (nSPS) is 24.0. The number of ether oxygens (including phenoxy) is 4. The van der Waals surface area contributed by atoms with Crippen LogP contribution in [0.25, 0.3) is 11.1 Å². The molecule has 2 fully saturated rings. The summed E-state index contributed by atoms with van der Waals surface area (Å²) in [7, 11) is 0. The van der Waals surface area contributed by atoms with Crippen LogP contribution in [0.3, 0.4) is 0 Å². The van der Waals surface area contributed by atoms with Crippen molar-refractivity contribution in [2.75, 3.05) is 13.2 Å². The van der Waals surface area contributed by atoms with Gasteiger partial charge in [-0.05, 0) is 48.1 Å². The van der Waals surface area contributed by atoms with Crippen molar-refractivity contribution in [1.82, 2.24) is 0 Å². The molecule has 0 saturated carbocycles. The molecule has 3 aromatic rings. The molecule has 0 radical (unpaired) electrons. The van der Waals surface area contributed by atoms with Gasteiger partial charge in [0.25, 0.3) is 0 Å². The zero-order valence-corrected chi connectivity index (χ0v) is 20.6. The van der Waals surface area contributed by atoms with Gasteiger partial charge in [-0.2, -0.15) is 0 Å². The highest BCUT2D eigenvalue weighted by atomic mass is 16.7. The lowest BCUT2D eigenvalue weighted by Crippen LogP contribution is -2.45. The minimum absolute atomic E-state index is 0.0375. The molecule has 0 amide bonds. The van der Waals surface area contributed by atoms with Crippen molar-refractivity contribution < 1.29 is 18.9 Å². The van der Waals surface area contributed by atoms with E-state index >= 15 is 0 Å². The average Bonchev–Trinajstić information content (AvgIpc) is 2.93. The summed E-state index contributed by atoms with van der Waals surface area (Å²) in [6.45, 7) is 3.54. The molecule has 0 aromatic heterocycles. The van der Waals surface area contributed by atoms with E-state index in [1.807, 2.05) is 30.3 Å².